The molecule has 0 saturated carbocycles. The van der Waals surface area contributed by atoms with Crippen molar-refractivity contribution in [2.24, 2.45) is 0 Å². The van der Waals surface area contributed by atoms with Crippen LogP contribution in [0.5, 0.6) is 0 Å². The van der Waals surface area contributed by atoms with Gasteiger partial charge in [0.1, 0.15) is 0 Å². The third kappa shape index (κ3) is 5.63. The Morgan fingerprint density at radius 1 is 1.21 bits per heavy atom. The zero-order chi connectivity index (χ0) is 17.6. The Morgan fingerprint density at radius 3 is 2.67 bits per heavy atom. The highest BCUT2D eigenvalue weighted by molar-refractivity contribution is 7.11. The molecule has 2 amide bonds. The predicted octanol–water partition coefficient (Wildman–Crippen LogP) is 3.93. The van der Waals surface area contributed by atoms with Gasteiger partial charge in [-0.1, -0.05) is 17.9 Å². The summed E-state index contributed by atoms with van der Waals surface area (Å²) in [5.74, 6) is 5.23. The second kappa shape index (κ2) is 7.88. The normalized spacial score (nSPS) is 10.7. The van der Waals surface area contributed by atoms with Crippen LogP contribution in [-0.4, -0.2) is 12.6 Å². The molecule has 0 fully saturated rings. The highest BCUT2D eigenvalue weighted by atomic mass is 32.1. The maximum atomic E-state index is 12.6. The molecule has 1 aromatic heterocycles. The summed E-state index contributed by atoms with van der Waals surface area (Å²) in [6.45, 7) is 2.45. The van der Waals surface area contributed by atoms with Gasteiger partial charge in [0, 0.05) is 15.3 Å². The molecule has 0 spiro atoms. The van der Waals surface area contributed by atoms with E-state index in [0.29, 0.717) is 6.54 Å². The second-order valence-electron chi connectivity index (χ2n) is 4.93. The van der Waals surface area contributed by atoms with Crippen molar-refractivity contribution >= 4 is 17.4 Å². The van der Waals surface area contributed by atoms with E-state index in [1.165, 1.54) is 17.0 Å². The van der Waals surface area contributed by atoms with E-state index in [2.05, 4.69) is 22.5 Å². The van der Waals surface area contributed by atoms with E-state index in [0.717, 1.165) is 17.0 Å². The minimum absolute atomic E-state index is 0.0472. The molecule has 0 bridgehead atoms. The molecule has 2 N–H and O–H groups in total. The Labute approximate surface area is 141 Å². The van der Waals surface area contributed by atoms with Crippen LogP contribution in [0.15, 0.2) is 36.4 Å². The molecule has 0 aliphatic rings. The molecule has 0 aliphatic carbocycles. The SMILES string of the molecule is Cc1ccc(CNC(=O)NCC#Cc2cccc(C(F)(F)F)c2)s1. The van der Waals surface area contributed by atoms with E-state index in [-0.39, 0.29) is 18.1 Å². The molecule has 1 heterocycles. The number of benzene rings is 1. The number of hydrogen-bond acceptors (Lipinski definition) is 2. The zero-order valence-corrected chi connectivity index (χ0v) is 13.6. The number of aryl methyl sites for hydroxylation is 1. The number of hydrogen-bond donors (Lipinski definition) is 2. The number of halogens is 3. The monoisotopic (exact) mass is 352 g/mol. The van der Waals surface area contributed by atoms with Crippen molar-refractivity contribution in [2.75, 3.05) is 6.54 Å². The van der Waals surface area contributed by atoms with Gasteiger partial charge in [0.05, 0.1) is 18.7 Å². The highest BCUT2D eigenvalue weighted by Gasteiger charge is 2.30. The number of nitrogens with one attached hydrogen (secondary N) is 2. The largest absolute Gasteiger partial charge is 0.416 e. The quantitative estimate of drug-likeness (QED) is 0.808. The number of carbonyl (C=O) groups is 1. The standard InChI is InChI=1S/C17H15F3N2OS/c1-12-7-8-15(24-12)11-22-16(23)21-9-3-5-13-4-2-6-14(10-13)17(18,19)20/h2,4,6-8,10H,9,11H2,1H3,(H2,21,22,23). The third-order valence-electron chi connectivity index (χ3n) is 2.98. The first-order valence-corrected chi connectivity index (χ1v) is 7.89. The van der Waals surface area contributed by atoms with Crippen molar-refractivity contribution < 1.29 is 18.0 Å². The minimum atomic E-state index is -4.39. The van der Waals surface area contributed by atoms with E-state index < -0.39 is 11.7 Å². The van der Waals surface area contributed by atoms with Gasteiger partial charge in [-0.2, -0.15) is 13.2 Å². The van der Waals surface area contributed by atoms with Gasteiger partial charge < -0.3 is 10.6 Å². The fraction of sp³-hybridized carbons (Fsp3) is 0.235. The van der Waals surface area contributed by atoms with Crippen molar-refractivity contribution in [1.29, 1.82) is 0 Å². The Balaban J connectivity index is 1.80. The van der Waals surface area contributed by atoms with Gasteiger partial charge in [-0.15, -0.1) is 11.3 Å². The van der Waals surface area contributed by atoms with E-state index in [1.54, 1.807) is 11.3 Å². The lowest BCUT2D eigenvalue weighted by molar-refractivity contribution is -0.137. The van der Waals surface area contributed by atoms with Crippen LogP contribution in [0, 0.1) is 18.8 Å². The molecule has 0 saturated heterocycles. The average Bonchev–Trinajstić information content (AvgIpc) is 2.95. The van der Waals surface area contributed by atoms with Gasteiger partial charge in [-0.25, -0.2) is 4.79 Å². The molecule has 0 radical (unpaired) electrons. The average molecular weight is 352 g/mol. The summed E-state index contributed by atoms with van der Waals surface area (Å²) in [7, 11) is 0. The van der Waals surface area contributed by atoms with Crippen molar-refractivity contribution in [3.63, 3.8) is 0 Å². The topological polar surface area (TPSA) is 41.1 Å². The summed E-state index contributed by atoms with van der Waals surface area (Å²) in [4.78, 5) is 13.8. The molecule has 24 heavy (non-hydrogen) atoms. The number of carbonyl (C=O) groups excluding carboxylic acids is 1. The van der Waals surface area contributed by atoms with Crippen molar-refractivity contribution in [3.05, 3.63) is 57.3 Å². The maximum absolute atomic E-state index is 12.6. The van der Waals surface area contributed by atoms with Crippen LogP contribution in [0.2, 0.25) is 0 Å². The summed E-state index contributed by atoms with van der Waals surface area (Å²) in [6, 6.07) is 8.29. The Hall–Kier alpha value is -2.46. The van der Waals surface area contributed by atoms with Crippen LogP contribution >= 0.6 is 11.3 Å². The molecular weight excluding hydrogens is 337 g/mol. The van der Waals surface area contributed by atoms with Gasteiger partial charge in [-0.05, 0) is 37.3 Å². The molecule has 0 unspecified atom stereocenters. The first-order valence-electron chi connectivity index (χ1n) is 7.08. The predicted molar refractivity (Wildman–Crippen MR) is 87.6 cm³/mol. The molecule has 0 aliphatic heterocycles. The Kier molecular flexibility index (Phi) is 5.88. The number of thiophene rings is 1. The smallest absolute Gasteiger partial charge is 0.333 e. The first-order chi connectivity index (χ1) is 11.3. The van der Waals surface area contributed by atoms with Gasteiger partial charge >= 0.3 is 12.2 Å². The van der Waals surface area contributed by atoms with Crippen molar-refractivity contribution in [3.8, 4) is 11.8 Å². The lowest BCUT2D eigenvalue weighted by atomic mass is 10.1. The second-order valence-corrected chi connectivity index (χ2v) is 6.30. The van der Waals surface area contributed by atoms with Gasteiger partial charge in [-0.3, -0.25) is 0 Å². The van der Waals surface area contributed by atoms with Crippen LogP contribution < -0.4 is 10.6 Å². The molecule has 1 aromatic carbocycles. The fourth-order valence-electron chi connectivity index (χ4n) is 1.85. The summed E-state index contributed by atoms with van der Waals surface area (Å²) >= 11 is 1.60. The Bertz CT molecular complexity index is 772. The van der Waals surface area contributed by atoms with Gasteiger partial charge in [0.25, 0.3) is 0 Å². The fourth-order valence-corrected chi connectivity index (χ4v) is 2.68. The molecular formula is C17H15F3N2OS. The molecule has 0 atom stereocenters. The minimum Gasteiger partial charge on any atom is -0.333 e. The van der Waals surface area contributed by atoms with Crippen molar-refractivity contribution in [2.45, 2.75) is 19.6 Å². The van der Waals surface area contributed by atoms with Crippen LogP contribution in [0.3, 0.4) is 0 Å². The van der Waals surface area contributed by atoms with Crippen LogP contribution in [0.1, 0.15) is 20.9 Å². The van der Waals surface area contributed by atoms with Crippen molar-refractivity contribution in [1.82, 2.24) is 10.6 Å². The number of alkyl halides is 3. The maximum Gasteiger partial charge on any atom is 0.416 e. The molecule has 2 rings (SSSR count). The van der Waals surface area contributed by atoms with Gasteiger partial charge in [0.2, 0.25) is 0 Å². The van der Waals surface area contributed by atoms with Crippen LogP contribution in [-0.2, 0) is 12.7 Å². The number of urea groups is 1. The van der Waals surface area contributed by atoms with Crippen LogP contribution in [0.4, 0.5) is 18.0 Å². The summed E-state index contributed by atoms with van der Waals surface area (Å²) in [6.07, 6.45) is -4.39. The highest BCUT2D eigenvalue weighted by Crippen LogP contribution is 2.29. The molecule has 2 aromatic rings. The van der Waals surface area contributed by atoms with Crippen LogP contribution in [0.25, 0.3) is 0 Å². The van der Waals surface area contributed by atoms with E-state index in [1.807, 2.05) is 19.1 Å². The first kappa shape index (κ1) is 17.9. The Morgan fingerprint density at radius 2 is 2.00 bits per heavy atom. The molecule has 126 valence electrons. The van der Waals surface area contributed by atoms with E-state index >= 15 is 0 Å². The molecule has 3 nitrogen and oxygen atoms in total. The zero-order valence-electron chi connectivity index (χ0n) is 12.8. The van der Waals surface area contributed by atoms with E-state index in [9.17, 15) is 18.0 Å². The summed E-state index contributed by atoms with van der Waals surface area (Å²) in [5, 5.41) is 5.22. The molecule has 7 heteroatoms. The number of rotatable bonds is 3. The van der Waals surface area contributed by atoms with Gasteiger partial charge in [0.15, 0.2) is 0 Å². The summed E-state index contributed by atoms with van der Waals surface area (Å²) in [5.41, 5.74) is -0.493. The lowest BCUT2D eigenvalue weighted by Gasteiger charge is -2.06. The summed E-state index contributed by atoms with van der Waals surface area (Å²) < 4.78 is 37.7. The van der Waals surface area contributed by atoms with E-state index in [4.69, 9.17) is 0 Å². The lowest BCUT2D eigenvalue weighted by Crippen LogP contribution is -2.34. The third-order valence-corrected chi connectivity index (χ3v) is 3.98. The number of amides is 2.